The molecule has 98 valence electrons. The van der Waals surface area contributed by atoms with Crippen LogP contribution in [-0.4, -0.2) is 16.6 Å². The lowest BCUT2D eigenvalue weighted by atomic mass is 10.1. The Morgan fingerprint density at radius 2 is 2.05 bits per heavy atom. The van der Waals surface area contributed by atoms with Gasteiger partial charge in [0.25, 0.3) is 0 Å². The third kappa shape index (κ3) is 3.81. The van der Waals surface area contributed by atoms with Crippen LogP contribution in [0.1, 0.15) is 10.4 Å². The largest absolute Gasteiger partial charge is 0.507 e. The van der Waals surface area contributed by atoms with Gasteiger partial charge < -0.3 is 5.11 Å². The maximum absolute atomic E-state index is 13.0. The second-order valence-corrected chi connectivity index (χ2v) is 5.80. The number of benzene rings is 2. The first-order chi connectivity index (χ1) is 9.06. The Balaban J connectivity index is 2.07. The van der Waals surface area contributed by atoms with E-state index in [1.165, 1.54) is 17.8 Å². The summed E-state index contributed by atoms with van der Waals surface area (Å²) in [5.74, 6) is -0.884. The van der Waals surface area contributed by atoms with Crippen LogP contribution in [0.4, 0.5) is 4.39 Å². The zero-order valence-corrected chi connectivity index (χ0v) is 12.2. The highest BCUT2D eigenvalue weighted by molar-refractivity contribution is 9.10. The summed E-state index contributed by atoms with van der Waals surface area (Å²) in [5, 5.41) is 9.54. The number of hydrogen-bond donors (Lipinski definition) is 1. The fourth-order valence-corrected chi connectivity index (χ4v) is 2.90. The first-order valence-corrected chi connectivity index (χ1v) is 7.24. The number of carbonyl (C=O) groups is 1. The Morgan fingerprint density at radius 3 is 2.79 bits per heavy atom. The fourth-order valence-electron chi connectivity index (χ4n) is 1.52. The number of thioether (sulfide) groups is 1. The summed E-state index contributed by atoms with van der Waals surface area (Å²) in [5.41, 5.74) is 0.0162. The van der Waals surface area contributed by atoms with Gasteiger partial charge in [-0.1, -0.05) is 22.0 Å². The molecule has 0 fully saturated rings. The molecule has 0 spiro atoms. The van der Waals surface area contributed by atoms with E-state index in [1.54, 1.807) is 0 Å². The number of halogens is 2. The van der Waals surface area contributed by atoms with Crippen LogP contribution in [-0.2, 0) is 0 Å². The molecule has 0 unspecified atom stereocenters. The van der Waals surface area contributed by atoms with Gasteiger partial charge in [-0.2, -0.15) is 0 Å². The molecule has 2 aromatic carbocycles. The maximum atomic E-state index is 13.0. The molecule has 0 aliphatic carbocycles. The number of hydrogen-bond acceptors (Lipinski definition) is 3. The standard InChI is InChI=1S/C14H10BrFO2S/c15-9-2-1-3-11(6-9)19-8-14(18)12-7-10(16)4-5-13(12)17/h1-7,17H,8H2. The van der Waals surface area contributed by atoms with Crippen molar-refractivity contribution in [1.29, 1.82) is 0 Å². The lowest BCUT2D eigenvalue weighted by Gasteiger charge is -2.04. The van der Waals surface area contributed by atoms with Crippen molar-refractivity contribution in [2.45, 2.75) is 4.90 Å². The Morgan fingerprint density at radius 1 is 1.26 bits per heavy atom. The van der Waals surface area contributed by atoms with Crippen molar-refractivity contribution in [3.8, 4) is 5.75 Å². The van der Waals surface area contributed by atoms with E-state index in [-0.39, 0.29) is 22.8 Å². The van der Waals surface area contributed by atoms with Crippen molar-refractivity contribution < 1.29 is 14.3 Å². The van der Waals surface area contributed by atoms with Crippen molar-refractivity contribution in [2.24, 2.45) is 0 Å². The zero-order chi connectivity index (χ0) is 13.8. The van der Waals surface area contributed by atoms with E-state index in [2.05, 4.69) is 15.9 Å². The average molecular weight is 341 g/mol. The summed E-state index contributed by atoms with van der Waals surface area (Å²) in [7, 11) is 0. The number of rotatable bonds is 4. The summed E-state index contributed by atoms with van der Waals surface area (Å²) >= 11 is 4.69. The zero-order valence-electron chi connectivity index (χ0n) is 9.77. The van der Waals surface area contributed by atoms with Crippen molar-refractivity contribution >= 4 is 33.5 Å². The average Bonchev–Trinajstić information content (AvgIpc) is 2.39. The van der Waals surface area contributed by atoms with Crippen molar-refractivity contribution in [1.82, 2.24) is 0 Å². The first-order valence-electron chi connectivity index (χ1n) is 5.46. The SMILES string of the molecule is O=C(CSc1cccc(Br)c1)c1cc(F)ccc1O. The van der Waals surface area contributed by atoms with Crippen molar-refractivity contribution in [3.63, 3.8) is 0 Å². The van der Waals surface area contributed by atoms with E-state index in [1.807, 2.05) is 24.3 Å². The van der Waals surface area contributed by atoms with Gasteiger partial charge in [0.05, 0.1) is 11.3 Å². The number of ketones is 1. The molecule has 1 N–H and O–H groups in total. The number of carbonyl (C=O) groups excluding carboxylic acids is 1. The van der Waals surface area contributed by atoms with Gasteiger partial charge in [0, 0.05) is 9.37 Å². The highest BCUT2D eigenvalue weighted by Crippen LogP contribution is 2.25. The van der Waals surface area contributed by atoms with Gasteiger partial charge in [0.2, 0.25) is 0 Å². The molecule has 5 heteroatoms. The predicted molar refractivity (Wildman–Crippen MR) is 77.3 cm³/mol. The molecule has 0 bridgehead atoms. The summed E-state index contributed by atoms with van der Waals surface area (Å²) in [6.45, 7) is 0. The summed E-state index contributed by atoms with van der Waals surface area (Å²) in [6.07, 6.45) is 0. The van der Waals surface area contributed by atoms with Gasteiger partial charge >= 0.3 is 0 Å². The molecule has 0 aliphatic heterocycles. The minimum Gasteiger partial charge on any atom is -0.507 e. The predicted octanol–water partition coefficient (Wildman–Crippen LogP) is 4.27. The molecule has 2 rings (SSSR count). The molecule has 0 heterocycles. The van der Waals surface area contributed by atoms with E-state index in [0.717, 1.165) is 21.5 Å². The van der Waals surface area contributed by atoms with Crippen LogP contribution in [0.3, 0.4) is 0 Å². The Bertz CT molecular complexity index is 616. The quantitative estimate of drug-likeness (QED) is 0.667. The molecular weight excluding hydrogens is 331 g/mol. The second kappa shape index (κ2) is 6.21. The minimum atomic E-state index is -0.534. The van der Waals surface area contributed by atoms with Gasteiger partial charge in [0.15, 0.2) is 5.78 Å². The summed E-state index contributed by atoms with van der Waals surface area (Å²) in [6, 6.07) is 10.9. The van der Waals surface area contributed by atoms with Crippen LogP contribution in [0.15, 0.2) is 51.8 Å². The molecule has 2 aromatic rings. The fraction of sp³-hybridized carbons (Fsp3) is 0.0714. The van der Waals surface area contributed by atoms with Crippen molar-refractivity contribution in [2.75, 3.05) is 5.75 Å². The number of phenolic OH excluding ortho intramolecular Hbond substituents is 1. The van der Waals surface area contributed by atoms with Gasteiger partial charge in [-0.3, -0.25) is 4.79 Å². The third-order valence-corrected chi connectivity index (χ3v) is 3.91. The molecule has 0 saturated heterocycles. The molecule has 0 amide bonds. The smallest absolute Gasteiger partial charge is 0.176 e. The van der Waals surface area contributed by atoms with E-state index in [9.17, 15) is 14.3 Å². The maximum Gasteiger partial charge on any atom is 0.176 e. The minimum absolute atomic E-state index is 0.0162. The molecular formula is C14H10BrFO2S. The van der Waals surface area contributed by atoms with E-state index >= 15 is 0 Å². The highest BCUT2D eigenvalue weighted by atomic mass is 79.9. The van der Waals surface area contributed by atoms with Gasteiger partial charge in [0.1, 0.15) is 11.6 Å². The molecule has 0 saturated carbocycles. The first kappa shape index (κ1) is 14.1. The second-order valence-electron chi connectivity index (χ2n) is 3.83. The normalized spacial score (nSPS) is 10.4. The van der Waals surface area contributed by atoms with Crippen LogP contribution in [0.25, 0.3) is 0 Å². The van der Waals surface area contributed by atoms with Crippen LogP contribution in [0.5, 0.6) is 5.75 Å². The summed E-state index contributed by atoms with van der Waals surface area (Å²) in [4.78, 5) is 12.8. The van der Waals surface area contributed by atoms with Crippen LogP contribution >= 0.6 is 27.7 Å². The third-order valence-electron chi connectivity index (χ3n) is 2.43. The molecule has 19 heavy (non-hydrogen) atoms. The molecule has 0 aliphatic rings. The van der Waals surface area contributed by atoms with Gasteiger partial charge in [-0.15, -0.1) is 11.8 Å². The molecule has 0 aromatic heterocycles. The topological polar surface area (TPSA) is 37.3 Å². The van der Waals surface area contributed by atoms with E-state index in [4.69, 9.17) is 0 Å². The number of aromatic hydroxyl groups is 1. The monoisotopic (exact) mass is 340 g/mol. The van der Waals surface area contributed by atoms with Crippen LogP contribution in [0, 0.1) is 5.82 Å². The van der Waals surface area contributed by atoms with E-state index < -0.39 is 5.82 Å². The Kier molecular flexibility index (Phi) is 4.61. The lowest BCUT2D eigenvalue weighted by molar-refractivity contribution is 0.101. The number of phenols is 1. The van der Waals surface area contributed by atoms with Crippen LogP contribution in [0.2, 0.25) is 0 Å². The Labute approximate surface area is 122 Å². The lowest BCUT2D eigenvalue weighted by Crippen LogP contribution is -2.03. The Hall–Kier alpha value is -1.33. The number of Topliss-reactive ketones (excluding diaryl/α,β-unsaturated/α-hetero) is 1. The molecule has 2 nitrogen and oxygen atoms in total. The highest BCUT2D eigenvalue weighted by Gasteiger charge is 2.12. The molecule has 0 radical (unpaired) electrons. The van der Waals surface area contributed by atoms with Gasteiger partial charge in [-0.05, 0) is 36.4 Å². The summed E-state index contributed by atoms with van der Waals surface area (Å²) < 4.78 is 14.0. The molecule has 0 atom stereocenters. The van der Waals surface area contributed by atoms with Crippen LogP contribution < -0.4 is 0 Å². The van der Waals surface area contributed by atoms with E-state index in [0.29, 0.717) is 0 Å². The van der Waals surface area contributed by atoms with Crippen molar-refractivity contribution in [3.05, 3.63) is 58.3 Å². The van der Waals surface area contributed by atoms with Gasteiger partial charge in [-0.25, -0.2) is 4.39 Å².